The van der Waals surface area contributed by atoms with Crippen LogP contribution in [0, 0.1) is 0 Å². The van der Waals surface area contributed by atoms with Gasteiger partial charge in [-0.15, -0.1) is 0 Å². The molecule has 3 rings (SSSR count). The molecule has 0 bridgehead atoms. The number of rotatable bonds is 5. The van der Waals surface area contributed by atoms with E-state index in [0.717, 1.165) is 17.5 Å². The fraction of sp³-hybridized carbons (Fsp3) is 0.333. The Morgan fingerprint density at radius 1 is 1.30 bits per heavy atom. The Kier molecular flexibility index (Phi) is 4.69. The molecule has 1 aliphatic rings. The minimum atomic E-state index is -0.948. The number of hydrogen-bond donors (Lipinski definition) is 2. The Morgan fingerprint density at radius 3 is 2.83 bits per heavy atom. The SMILES string of the molecule is O=C(Nc1cc(CCO)ccn1)C1(c2ccccc2)CCCO1. The molecule has 0 aliphatic carbocycles. The average Bonchev–Trinajstić information content (AvgIpc) is 3.07. The Hall–Kier alpha value is -2.24. The summed E-state index contributed by atoms with van der Waals surface area (Å²) in [5.41, 5.74) is 0.844. The first-order chi connectivity index (χ1) is 11.2. The molecule has 1 aromatic heterocycles. The Balaban J connectivity index is 1.84. The first-order valence-corrected chi connectivity index (χ1v) is 7.81. The molecule has 1 saturated heterocycles. The number of aliphatic hydroxyl groups excluding tert-OH is 1. The summed E-state index contributed by atoms with van der Waals surface area (Å²) >= 11 is 0. The molecule has 120 valence electrons. The van der Waals surface area contributed by atoms with Gasteiger partial charge in [-0.1, -0.05) is 30.3 Å². The van der Waals surface area contributed by atoms with Gasteiger partial charge in [0.25, 0.3) is 5.91 Å². The Labute approximate surface area is 135 Å². The summed E-state index contributed by atoms with van der Waals surface area (Å²) in [6.45, 7) is 0.634. The number of nitrogens with zero attached hydrogens (tertiary/aromatic N) is 1. The van der Waals surface area contributed by atoms with E-state index in [1.165, 1.54) is 0 Å². The van der Waals surface area contributed by atoms with Gasteiger partial charge in [-0.2, -0.15) is 0 Å². The highest BCUT2D eigenvalue weighted by molar-refractivity contribution is 5.97. The maximum Gasteiger partial charge on any atom is 0.262 e. The quantitative estimate of drug-likeness (QED) is 0.888. The molecule has 0 spiro atoms. The van der Waals surface area contributed by atoms with Gasteiger partial charge in [0.2, 0.25) is 0 Å². The second kappa shape index (κ2) is 6.89. The zero-order valence-electron chi connectivity index (χ0n) is 12.9. The van der Waals surface area contributed by atoms with Crippen molar-refractivity contribution in [3.05, 3.63) is 59.8 Å². The lowest BCUT2D eigenvalue weighted by Crippen LogP contribution is -2.40. The fourth-order valence-corrected chi connectivity index (χ4v) is 2.93. The number of ether oxygens (including phenoxy) is 1. The highest BCUT2D eigenvalue weighted by Gasteiger charge is 2.44. The van der Waals surface area contributed by atoms with Crippen LogP contribution in [0.1, 0.15) is 24.0 Å². The Morgan fingerprint density at radius 2 is 2.13 bits per heavy atom. The van der Waals surface area contributed by atoms with Crippen molar-refractivity contribution in [2.75, 3.05) is 18.5 Å². The summed E-state index contributed by atoms with van der Waals surface area (Å²) in [5, 5.41) is 11.9. The number of pyridine rings is 1. The van der Waals surface area contributed by atoms with Crippen molar-refractivity contribution in [3.63, 3.8) is 0 Å². The molecule has 2 heterocycles. The maximum atomic E-state index is 12.9. The van der Waals surface area contributed by atoms with Gasteiger partial charge < -0.3 is 15.2 Å². The van der Waals surface area contributed by atoms with E-state index in [9.17, 15) is 4.79 Å². The molecule has 1 unspecified atom stereocenters. The van der Waals surface area contributed by atoms with Crippen molar-refractivity contribution in [2.24, 2.45) is 0 Å². The zero-order valence-corrected chi connectivity index (χ0v) is 12.9. The van der Waals surface area contributed by atoms with Crippen molar-refractivity contribution < 1.29 is 14.6 Å². The number of benzene rings is 1. The maximum absolute atomic E-state index is 12.9. The summed E-state index contributed by atoms with van der Waals surface area (Å²) < 4.78 is 5.86. The van der Waals surface area contributed by atoms with Crippen LogP contribution in [0.15, 0.2) is 48.7 Å². The zero-order chi connectivity index (χ0) is 16.1. The molecule has 5 heteroatoms. The van der Waals surface area contributed by atoms with Gasteiger partial charge in [0, 0.05) is 19.4 Å². The van der Waals surface area contributed by atoms with E-state index in [4.69, 9.17) is 9.84 Å². The number of amides is 1. The standard InChI is InChI=1S/C18H20N2O3/c21-11-8-14-7-10-19-16(13-14)20-17(22)18(9-4-12-23-18)15-5-2-1-3-6-15/h1-3,5-7,10,13,21H,4,8-9,11-12H2,(H,19,20,22). The van der Waals surface area contributed by atoms with Crippen LogP contribution >= 0.6 is 0 Å². The van der Waals surface area contributed by atoms with Crippen LogP contribution in [0.2, 0.25) is 0 Å². The molecule has 0 saturated carbocycles. The van der Waals surface area contributed by atoms with E-state index >= 15 is 0 Å². The lowest BCUT2D eigenvalue weighted by Gasteiger charge is -2.27. The lowest BCUT2D eigenvalue weighted by atomic mass is 9.90. The molecular weight excluding hydrogens is 292 g/mol. The third-order valence-electron chi connectivity index (χ3n) is 4.09. The predicted octanol–water partition coefficient (Wildman–Crippen LogP) is 2.26. The third kappa shape index (κ3) is 3.25. The van der Waals surface area contributed by atoms with Crippen LogP contribution in [-0.2, 0) is 21.6 Å². The van der Waals surface area contributed by atoms with Crippen LogP contribution in [-0.4, -0.2) is 29.2 Å². The molecule has 1 atom stereocenters. The summed E-state index contributed by atoms with van der Waals surface area (Å²) in [7, 11) is 0. The topological polar surface area (TPSA) is 71.5 Å². The average molecular weight is 312 g/mol. The molecule has 1 fully saturated rings. The van der Waals surface area contributed by atoms with Crippen LogP contribution in [0.4, 0.5) is 5.82 Å². The molecule has 5 nitrogen and oxygen atoms in total. The number of carbonyl (C=O) groups is 1. The predicted molar refractivity (Wildman–Crippen MR) is 87.0 cm³/mol. The summed E-state index contributed by atoms with van der Waals surface area (Å²) in [6, 6.07) is 13.2. The van der Waals surface area contributed by atoms with Gasteiger partial charge in [0.15, 0.2) is 5.60 Å². The van der Waals surface area contributed by atoms with Crippen LogP contribution < -0.4 is 5.32 Å². The van der Waals surface area contributed by atoms with Crippen molar-refractivity contribution in [1.29, 1.82) is 0 Å². The van der Waals surface area contributed by atoms with Crippen molar-refractivity contribution >= 4 is 11.7 Å². The normalized spacial score (nSPS) is 20.4. The summed E-state index contributed by atoms with van der Waals surface area (Å²) in [4.78, 5) is 17.1. The van der Waals surface area contributed by atoms with Crippen LogP contribution in [0.5, 0.6) is 0 Å². The minimum Gasteiger partial charge on any atom is -0.396 e. The number of nitrogens with one attached hydrogen (secondary N) is 1. The number of carbonyl (C=O) groups excluding carboxylic acids is 1. The van der Waals surface area contributed by atoms with E-state index in [0.29, 0.717) is 25.3 Å². The molecule has 0 radical (unpaired) electrons. The number of hydrogen-bond acceptors (Lipinski definition) is 4. The van der Waals surface area contributed by atoms with E-state index in [-0.39, 0.29) is 12.5 Å². The van der Waals surface area contributed by atoms with Crippen LogP contribution in [0.25, 0.3) is 0 Å². The van der Waals surface area contributed by atoms with Gasteiger partial charge in [0.05, 0.1) is 0 Å². The van der Waals surface area contributed by atoms with E-state index < -0.39 is 5.60 Å². The second-order valence-electron chi connectivity index (χ2n) is 5.62. The van der Waals surface area contributed by atoms with Crippen molar-refractivity contribution in [2.45, 2.75) is 24.9 Å². The monoisotopic (exact) mass is 312 g/mol. The fourth-order valence-electron chi connectivity index (χ4n) is 2.93. The van der Waals surface area contributed by atoms with Crippen molar-refractivity contribution in [1.82, 2.24) is 4.98 Å². The molecule has 23 heavy (non-hydrogen) atoms. The highest BCUT2D eigenvalue weighted by atomic mass is 16.5. The van der Waals surface area contributed by atoms with E-state index in [1.807, 2.05) is 36.4 Å². The molecule has 2 aromatic rings. The smallest absolute Gasteiger partial charge is 0.262 e. The van der Waals surface area contributed by atoms with E-state index in [1.54, 1.807) is 12.3 Å². The summed E-state index contributed by atoms with van der Waals surface area (Å²) in [5.74, 6) is 0.279. The van der Waals surface area contributed by atoms with E-state index in [2.05, 4.69) is 10.3 Å². The van der Waals surface area contributed by atoms with Gasteiger partial charge in [-0.05, 0) is 42.5 Å². The largest absolute Gasteiger partial charge is 0.396 e. The van der Waals surface area contributed by atoms with Gasteiger partial charge >= 0.3 is 0 Å². The molecule has 1 aromatic carbocycles. The number of aliphatic hydroxyl groups is 1. The van der Waals surface area contributed by atoms with Gasteiger partial charge in [0.1, 0.15) is 5.82 Å². The highest BCUT2D eigenvalue weighted by Crippen LogP contribution is 2.37. The Bertz CT molecular complexity index is 667. The molecule has 1 amide bonds. The van der Waals surface area contributed by atoms with Crippen LogP contribution in [0.3, 0.4) is 0 Å². The van der Waals surface area contributed by atoms with Gasteiger partial charge in [-0.3, -0.25) is 4.79 Å². The summed E-state index contributed by atoms with van der Waals surface area (Å²) in [6.07, 6.45) is 3.66. The molecule has 2 N–H and O–H groups in total. The number of aromatic nitrogens is 1. The van der Waals surface area contributed by atoms with Crippen molar-refractivity contribution in [3.8, 4) is 0 Å². The second-order valence-corrected chi connectivity index (χ2v) is 5.62. The number of anilines is 1. The first-order valence-electron chi connectivity index (χ1n) is 7.81. The first kappa shape index (κ1) is 15.6. The van der Waals surface area contributed by atoms with Gasteiger partial charge in [-0.25, -0.2) is 4.98 Å². The third-order valence-corrected chi connectivity index (χ3v) is 4.09. The molecular formula is C18H20N2O3. The lowest BCUT2D eigenvalue weighted by molar-refractivity contribution is -0.136. The molecule has 1 aliphatic heterocycles. The minimum absolute atomic E-state index is 0.0640.